The Labute approximate surface area is 139 Å². The molecule has 1 N–H and O–H groups in total. The fourth-order valence-electron chi connectivity index (χ4n) is 2.47. The van der Waals surface area contributed by atoms with Crippen LogP contribution in [0.1, 0.15) is 26.3 Å². The Hall–Kier alpha value is -2.15. The van der Waals surface area contributed by atoms with Gasteiger partial charge < -0.3 is 5.32 Å². The average Bonchev–Trinajstić information content (AvgIpc) is 2.80. The van der Waals surface area contributed by atoms with Crippen LogP contribution in [-0.4, -0.2) is 45.6 Å². The van der Waals surface area contributed by atoms with Crippen molar-refractivity contribution in [3.8, 4) is 0 Å². The molecule has 1 aromatic carbocycles. The highest BCUT2D eigenvalue weighted by Crippen LogP contribution is 2.33. The summed E-state index contributed by atoms with van der Waals surface area (Å²) in [6.45, 7) is 5.59. The number of para-hydroxylation sites is 1. The predicted octanol–water partition coefficient (Wildman–Crippen LogP) is 1.92. The summed E-state index contributed by atoms with van der Waals surface area (Å²) in [5.41, 5.74) is 1.62. The van der Waals surface area contributed by atoms with E-state index in [9.17, 15) is 9.59 Å². The van der Waals surface area contributed by atoms with Crippen molar-refractivity contribution in [2.45, 2.75) is 32.9 Å². The lowest BCUT2D eigenvalue weighted by Gasteiger charge is -2.25. The molecule has 0 unspecified atom stereocenters. The Morgan fingerprint density at radius 1 is 1.39 bits per heavy atom. The normalized spacial score (nSPS) is 19.2. The number of fused-ring (bicyclic) bond motifs is 3. The minimum Gasteiger partial charge on any atom is -0.353 e. The molecule has 1 atom stereocenters. The van der Waals surface area contributed by atoms with Crippen molar-refractivity contribution >= 4 is 40.3 Å². The van der Waals surface area contributed by atoms with E-state index < -0.39 is 6.04 Å². The number of thioether (sulfide) groups is 1. The molecule has 0 bridgehead atoms. The van der Waals surface area contributed by atoms with Crippen LogP contribution in [0.2, 0.25) is 0 Å². The van der Waals surface area contributed by atoms with Gasteiger partial charge in [-0.2, -0.15) is 0 Å². The minimum atomic E-state index is -0.425. The number of amidine groups is 2. The molecule has 6 nitrogen and oxygen atoms in total. The van der Waals surface area contributed by atoms with E-state index in [4.69, 9.17) is 0 Å². The monoisotopic (exact) mass is 330 g/mol. The molecule has 3 rings (SSSR count). The number of carbonyl (C=O) groups is 2. The van der Waals surface area contributed by atoms with Crippen molar-refractivity contribution in [3.63, 3.8) is 0 Å². The molecule has 1 aromatic rings. The van der Waals surface area contributed by atoms with Crippen molar-refractivity contribution < 1.29 is 9.59 Å². The Kier molecular flexibility index (Phi) is 4.21. The van der Waals surface area contributed by atoms with Gasteiger partial charge in [0.15, 0.2) is 5.17 Å². The zero-order valence-corrected chi connectivity index (χ0v) is 14.1. The summed E-state index contributed by atoms with van der Waals surface area (Å²) in [6.07, 6.45) is 0. The molecule has 2 aliphatic rings. The van der Waals surface area contributed by atoms with E-state index in [0.717, 1.165) is 11.3 Å². The van der Waals surface area contributed by atoms with Crippen LogP contribution < -0.4 is 5.32 Å². The molecule has 2 aliphatic heterocycles. The van der Waals surface area contributed by atoms with E-state index in [1.54, 1.807) is 6.92 Å². The van der Waals surface area contributed by atoms with Gasteiger partial charge in [-0.15, -0.1) is 0 Å². The second-order valence-corrected chi connectivity index (χ2v) is 6.67. The van der Waals surface area contributed by atoms with E-state index in [-0.39, 0.29) is 23.6 Å². The smallest absolute Gasteiger partial charge is 0.258 e. The lowest BCUT2D eigenvalue weighted by Crippen LogP contribution is -2.41. The van der Waals surface area contributed by atoms with Crippen molar-refractivity contribution in [2.24, 2.45) is 9.98 Å². The predicted molar refractivity (Wildman–Crippen MR) is 92.1 cm³/mol. The maximum absolute atomic E-state index is 12.4. The maximum Gasteiger partial charge on any atom is 0.258 e. The highest BCUT2D eigenvalue weighted by Gasteiger charge is 2.39. The van der Waals surface area contributed by atoms with Crippen molar-refractivity contribution in [2.75, 3.05) is 5.75 Å². The molecule has 23 heavy (non-hydrogen) atoms. The fourth-order valence-corrected chi connectivity index (χ4v) is 3.28. The molecule has 120 valence electrons. The van der Waals surface area contributed by atoms with Gasteiger partial charge in [-0.05, 0) is 32.9 Å². The van der Waals surface area contributed by atoms with Gasteiger partial charge in [0.05, 0.1) is 11.4 Å². The Morgan fingerprint density at radius 3 is 2.87 bits per heavy atom. The molecule has 2 heterocycles. The molecule has 0 spiro atoms. The van der Waals surface area contributed by atoms with Crippen molar-refractivity contribution in [1.82, 2.24) is 10.2 Å². The second-order valence-electron chi connectivity index (χ2n) is 5.72. The van der Waals surface area contributed by atoms with Crippen LogP contribution >= 0.6 is 11.8 Å². The Bertz CT molecular complexity index is 727. The molecular formula is C16H18N4O2S. The standard InChI is InChI=1S/C16H18N4O2S/c1-9(2)17-13(21)8-23-16-19-12-7-5-4-6-11(12)14-18-10(3)15(22)20(14)16/h4-7,9-10H,8H2,1-3H3,(H,17,21)/t10-/m0/s1. The molecule has 0 fully saturated rings. The lowest BCUT2D eigenvalue weighted by molar-refractivity contribution is -0.124. The molecule has 0 aliphatic carbocycles. The van der Waals surface area contributed by atoms with Crippen LogP contribution in [0, 0.1) is 0 Å². The maximum atomic E-state index is 12.4. The highest BCUT2D eigenvalue weighted by atomic mass is 32.2. The van der Waals surface area contributed by atoms with E-state index in [1.165, 1.54) is 16.7 Å². The van der Waals surface area contributed by atoms with E-state index in [1.807, 2.05) is 38.1 Å². The van der Waals surface area contributed by atoms with Gasteiger partial charge in [0, 0.05) is 11.6 Å². The third kappa shape index (κ3) is 3.01. The quantitative estimate of drug-likeness (QED) is 0.920. The van der Waals surface area contributed by atoms with E-state index in [0.29, 0.717) is 11.0 Å². The molecule has 0 saturated carbocycles. The summed E-state index contributed by atoms with van der Waals surface area (Å²) >= 11 is 1.26. The fraction of sp³-hybridized carbons (Fsp3) is 0.375. The summed E-state index contributed by atoms with van der Waals surface area (Å²) in [6, 6.07) is 7.25. The zero-order chi connectivity index (χ0) is 16.6. The SMILES string of the molecule is CC(C)NC(=O)CSC1=Nc2ccccc2C2=N[C@@H](C)C(=O)N12. The van der Waals surface area contributed by atoms with Crippen LogP contribution in [0.3, 0.4) is 0 Å². The Balaban J connectivity index is 1.88. The topological polar surface area (TPSA) is 74.1 Å². The van der Waals surface area contributed by atoms with E-state index in [2.05, 4.69) is 15.3 Å². The molecule has 0 radical (unpaired) electrons. The largest absolute Gasteiger partial charge is 0.353 e. The van der Waals surface area contributed by atoms with Gasteiger partial charge in [-0.3, -0.25) is 14.6 Å². The highest BCUT2D eigenvalue weighted by molar-refractivity contribution is 8.14. The van der Waals surface area contributed by atoms with Crippen LogP contribution in [0.5, 0.6) is 0 Å². The molecule has 2 amide bonds. The summed E-state index contributed by atoms with van der Waals surface area (Å²) in [5, 5.41) is 3.34. The van der Waals surface area contributed by atoms with Crippen molar-refractivity contribution in [3.05, 3.63) is 29.8 Å². The summed E-state index contributed by atoms with van der Waals surface area (Å²) in [4.78, 5) is 34.8. The van der Waals surface area contributed by atoms with Crippen molar-refractivity contribution in [1.29, 1.82) is 0 Å². The van der Waals surface area contributed by atoms with Gasteiger partial charge >= 0.3 is 0 Å². The first kappa shape index (κ1) is 15.7. The summed E-state index contributed by atoms with van der Waals surface area (Å²) in [7, 11) is 0. The molecule has 7 heteroatoms. The number of nitrogens with one attached hydrogen (secondary N) is 1. The van der Waals surface area contributed by atoms with Gasteiger partial charge in [0.25, 0.3) is 5.91 Å². The first-order chi connectivity index (χ1) is 11.0. The second kappa shape index (κ2) is 6.16. The number of hydrogen-bond acceptors (Lipinski definition) is 5. The Morgan fingerprint density at radius 2 is 2.13 bits per heavy atom. The van der Waals surface area contributed by atoms with Gasteiger partial charge in [-0.1, -0.05) is 23.9 Å². The number of aliphatic imine (C=N–C) groups is 2. The first-order valence-corrected chi connectivity index (χ1v) is 8.48. The number of nitrogens with zero attached hydrogens (tertiary/aromatic N) is 3. The first-order valence-electron chi connectivity index (χ1n) is 7.49. The zero-order valence-electron chi connectivity index (χ0n) is 13.2. The summed E-state index contributed by atoms with van der Waals surface area (Å²) < 4.78 is 0. The number of carbonyl (C=O) groups excluding carboxylic acids is 2. The van der Waals surface area contributed by atoms with Crippen LogP contribution in [-0.2, 0) is 9.59 Å². The van der Waals surface area contributed by atoms with Crippen LogP contribution in [0.25, 0.3) is 0 Å². The summed E-state index contributed by atoms with van der Waals surface area (Å²) in [5.74, 6) is 0.652. The molecule has 0 saturated heterocycles. The number of rotatable bonds is 3. The third-order valence-electron chi connectivity index (χ3n) is 3.44. The number of amides is 2. The third-order valence-corrected chi connectivity index (χ3v) is 4.38. The number of hydrogen-bond donors (Lipinski definition) is 1. The molecule has 0 aromatic heterocycles. The van der Waals surface area contributed by atoms with Gasteiger partial charge in [-0.25, -0.2) is 9.89 Å². The van der Waals surface area contributed by atoms with Gasteiger partial charge in [0.1, 0.15) is 11.9 Å². The van der Waals surface area contributed by atoms with Crippen LogP contribution in [0.4, 0.5) is 5.69 Å². The lowest BCUT2D eigenvalue weighted by atomic mass is 10.1. The minimum absolute atomic E-state index is 0.0789. The molecular weight excluding hydrogens is 312 g/mol. The van der Waals surface area contributed by atoms with E-state index >= 15 is 0 Å². The van der Waals surface area contributed by atoms with Gasteiger partial charge in [0.2, 0.25) is 5.91 Å². The van der Waals surface area contributed by atoms with Crippen LogP contribution in [0.15, 0.2) is 34.3 Å². The number of benzene rings is 1. The average molecular weight is 330 g/mol.